The first kappa shape index (κ1) is 13.9. The molecule has 0 saturated heterocycles. The SMILES string of the molecule is CN(Cc1cnn(C)c1)S(=O)(=O)c1cnc(Cl)nc1. The van der Waals surface area contributed by atoms with E-state index in [1.807, 2.05) is 0 Å². The fourth-order valence-corrected chi connectivity index (χ4v) is 2.66. The van der Waals surface area contributed by atoms with Gasteiger partial charge in [0.25, 0.3) is 0 Å². The van der Waals surface area contributed by atoms with Gasteiger partial charge in [0, 0.05) is 32.4 Å². The minimum absolute atomic E-state index is 0.00305. The molecule has 19 heavy (non-hydrogen) atoms. The number of halogens is 1. The molecule has 0 saturated carbocycles. The van der Waals surface area contributed by atoms with Crippen LogP contribution >= 0.6 is 11.6 Å². The Hall–Kier alpha value is -1.51. The third kappa shape index (κ3) is 3.09. The second kappa shape index (κ2) is 5.24. The van der Waals surface area contributed by atoms with Crippen molar-refractivity contribution in [3.8, 4) is 0 Å². The zero-order chi connectivity index (χ0) is 14.0. The number of sulfonamides is 1. The monoisotopic (exact) mass is 301 g/mol. The van der Waals surface area contributed by atoms with Gasteiger partial charge in [0.2, 0.25) is 15.3 Å². The second-order valence-electron chi connectivity index (χ2n) is 3.97. The van der Waals surface area contributed by atoms with Crippen molar-refractivity contribution in [1.29, 1.82) is 0 Å². The zero-order valence-electron chi connectivity index (χ0n) is 10.4. The van der Waals surface area contributed by atoms with Gasteiger partial charge in [0.1, 0.15) is 4.90 Å². The molecule has 2 aromatic rings. The van der Waals surface area contributed by atoms with Gasteiger partial charge in [-0.15, -0.1) is 0 Å². The van der Waals surface area contributed by atoms with Crippen molar-refractivity contribution in [1.82, 2.24) is 24.1 Å². The topological polar surface area (TPSA) is 81.0 Å². The van der Waals surface area contributed by atoms with E-state index in [9.17, 15) is 8.42 Å². The Morgan fingerprint density at radius 3 is 2.47 bits per heavy atom. The second-order valence-corrected chi connectivity index (χ2v) is 6.35. The smallest absolute Gasteiger partial charge is 0.246 e. The molecule has 0 spiro atoms. The highest BCUT2D eigenvalue weighted by Crippen LogP contribution is 2.15. The lowest BCUT2D eigenvalue weighted by molar-refractivity contribution is 0.466. The van der Waals surface area contributed by atoms with Crippen LogP contribution in [0.1, 0.15) is 5.56 Å². The van der Waals surface area contributed by atoms with Crippen molar-refractivity contribution in [3.05, 3.63) is 35.6 Å². The summed E-state index contributed by atoms with van der Waals surface area (Å²) in [6, 6.07) is 0. The van der Waals surface area contributed by atoms with Crippen LogP contribution in [0.4, 0.5) is 0 Å². The Morgan fingerprint density at radius 1 is 1.32 bits per heavy atom. The zero-order valence-corrected chi connectivity index (χ0v) is 11.9. The third-order valence-electron chi connectivity index (χ3n) is 2.47. The highest BCUT2D eigenvalue weighted by atomic mass is 35.5. The number of rotatable bonds is 4. The van der Waals surface area contributed by atoms with Crippen molar-refractivity contribution in [2.24, 2.45) is 7.05 Å². The van der Waals surface area contributed by atoms with E-state index >= 15 is 0 Å². The van der Waals surface area contributed by atoms with Crippen LogP contribution in [0.3, 0.4) is 0 Å². The van der Waals surface area contributed by atoms with Crippen LogP contribution in [0, 0.1) is 0 Å². The van der Waals surface area contributed by atoms with Crippen molar-refractivity contribution in [2.45, 2.75) is 11.4 Å². The van der Waals surface area contributed by atoms with Gasteiger partial charge in [-0.1, -0.05) is 0 Å². The van der Waals surface area contributed by atoms with E-state index in [0.29, 0.717) is 0 Å². The fraction of sp³-hybridized carbons (Fsp3) is 0.300. The molecule has 0 bridgehead atoms. The Kier molecular flexibility index (Phi) is 3.83. The summed E-state index contributed by atoms with van der Waals surface area (Å²) in [5.41, 5.74) is 0.795. The summed E-state index contributed by atoms with van der Waals surface area (Å²) in [5.74, 6) is 0. The van der Waals surface area contributed by atoms with Gasteiger partial charge < -0.3 is 0 Å². The van der Waals surface area contributed by atoms with Crippen LogP contribution in [0.2, 0.25) is 5.28 Å². The van der Waals surface area contributed by atoms with Crippen LogP contribution in [0.15, 0.2) is 29.7 Å². The molecule has 2 aromatic heterocycles. The van der Waals surface area contributed by atoms with Crippen LogP contribution in [-0.2, 0) is 23.6 Å². The summed E-state index contributed by atoms with van der Waals surface area (Å²) in [5, 5.41) is 4.00. The molecule has 0 atom stereocenters. The number of aryl methyl sites for hydroxylation is 1. The Morgan fingerprint density at radius 2 is 1.95 bits per heavy atom. The third-order valence-corrected chi connectivity index (χ3v) is 4.42. The fourth-order valence-electron chi connectivity index (χ4n) is 1.51. The summed E-state index contributed by atoms with van der Waals surface area (Å²) in [4.78, 5) is 7.35. The van der Waals surface area contributed by atoms with Crippen molar-refractivity contribution < 1.29 is 8.42 Å². The molecule has 0 N–H and O–H groups in total. The molecule has 0 radical (unpaired) electrons. The molecular formula is C10H12ClN5O2S. The van der Waals surface area contributed by atoms with Crippen LogP contribution in [-0.4, -0.2) is 39.5 Å². The maximum atomic E-state index is 12.2. The first-order chi connectivity index (χ1) is 8.89. The van der Waals surface area contributed by atoms with Gasteiger partial charge in [0.15, 0.2) is 0 Å². The maximum Gasteiger partial charge on any atom is 0.246 e. The first-order valence-corrected chi connectivity index (χ1v) is 7.13. The standard InChI is InChI=1S/C10H12ClN5O2S/c1-15-6-8(3-14-15)7-16(2)19(17,18)9-4-12-10(11)13-5-9/h3-6H,7H2,1-2H3. The van der Waals surface area contributed by atoms with Gasteiger partial charge >= 0.3 is 0 Å². The van der Waals surface area contributed by atoms with Crippen molar-refractivity contribution >= 4 is 21.6 Å². The van der Waals surface area contributed by atoms with E-state index < -0.39 is 10.0 Å². The summed E-state index contributed by atoms with van der Waals surface area (Å²) in [6.45, 7) is 0.221. The Labute approximate surface area is 115 Å². The summed E-state index contributed by atoms with van der Waals surface area (Å²) >= 11 is 5.53. The van der Waals surface area contributed by atoms with E-state index in [1.54, 1.807) is 24.1 Å². The number of hydrogen-bond acceptors (Lipinski definition) is 5. The predicted molar refractivity (Wildman–Crippen MR) is 68.9 cm³/mol. The lowest BCUT2D eigenvalue weighted by Gasteiger charge is -2.15. The van der Waals surface area contributed by atoms with Gasteiger partial charge in [0.05, 0.1) is 18.6 Å². The normalized spacial score (nSPS) is 12.0. The van der Waals surface area contributed by atoms with E-state index in [1.165, 1.54) is 23.7 Å². The van der Waals surface area contributed by atoms with Gasteiger partial charge in [-0.3, -0.25) is 4.68 Å². The number of aromatic nitrogens is 4. The molecule has 102 valence electrons. The summed E-state index contributed by atoms with van der Waals surface area (Å²) in [6.07, 6.45) is 5.74. The van der Waals surface area contributed by atoms with E-state index in [-0.39, 0.29) is 16.7 Å². The molecule has 0 aliphatic rings. The average molecular weight is 302 g/mol. The average Bonchev–Trinajstić information content (AvgIpc) is 2.75. The van der Waals surface area contributed by atoms with E-state index in [4.69, 9.17) is 11.6 Å². The van der Waals surface area contributed by atoms with Crippen LogP contribution in [0.5, 0.6) is 0 Å². The summed E-state index contributed by atoms with van der Waals surface area (Å²) < 4.78 is 27.3. The largest absolute Gasteiger partial charge is 0.275 e. The molecule has 0 unspecified atom stereocenters. The minimum atomic E-state index is -3.63. The lowest BCUT2D eigenvalue weighted by atomic mass is 10.4. The quantitative estimate of drug-likeness (QED) is 0.776. The highest BCUT2D eigenvalue weighted by molar-refractivity contribution is 7.89. The van der Waals surface area contributed by atoms with E-state index in [0.717, 1.165) is 5.56 Å². The minimum Gasteiger partial charge on any atom is -0.275 e. The van der Waals surface area contributed by atoms with Gasteiger partial charge in [-0.25, -0.2) is 18.4 Å². The van der Waals surface area contributed by atoms with Crippen molar-refractivity contribution in [2.75, 3.05) is 7.05 Å². The molecular weight excluding hydrogens is 290 g/mol. The van der Waals surface area contributed by atoms with Crippen LogP contribution in [0.25, 0.3) is 0 Å². The molecule has 0 aliphatic heterocycles. The molecule has 0 amide bonds. The van der Waals surface area contributed by atoms with Gasteiger partial charge in [-0.05, 0) is 11.6 Å². The molecule has 2 heterocycles. The lowest BCUT2D eigenvalue weighted by Crippen LogP contribution is -2.26. The molecule has 7 nitrogen and oxygen atoms in total. The van der Waals surface area contributed by atoms with Gasteiger partial charge in [-0.2, -0.15) is 9.40 Å². The molecule has 0 aromatic carbocycles. The molecule has 2 rings (SSSR count). The predicted octanol–water partition coefficient (Wildman–Crippen LogP) is 0.684. The molecule has 0 aliphatic carbocycles. The number of hydrogen-bond donors (Lipinski definition) is 0. The Bertz CT molecular complexity index is 667. The Balaban J connectivity index is 2.21. The summed E-state index contributed by atoms with van der Waals surface area (Å²) in [7, 11) is -0.380. The first-order valence-electron chi connectivity index (χ1n) is 5.31. The maximum absolute atomic E-state index is 12.2. The van der Waals surface area contributed by atoms with Crippen LogP contribution < -0.4 is 0 Å². The van der Waals surface area contributed by atoms with E-state index in [2.05, 4.69) is 15.1 Å². The number of nitrogens with zero attached hydrogens (tertiary/aromatic N) is 5. The highest BCUT2D eigenvalue weighted by Gasteiger charge is 2.22. The molecule has 9 heteroatoms. The van der Waals surface area contributed by atoms with Crippen molar-refractivity contribution in [3.63, 3.8) is 0 Å². The molecule has 0 fully saturated rings.